The van der Waals surface area contributed by atoms with Gasteiger partial charge >= 0.3 is 310 Å². The molecule has 0 saturated heterocycles. The maximum atomic E-state index is 14.4. The SMILES string of the molecule is CC1=CC(C)[C]([Zr+2](=[C](c2cccc(C(F)(F)F)c2)c2cccc(C(F)(F)F)c2)[CH]2c3cc4c(cc3-c3cc5c(cc32)C(C)(C)C=C5)C=CC4(C)C)=C1.[Cl-].[Cl-]. The van der Waals surface area contributed by atoms with Crippen LogP contribution in [-0.2, 0) is 44.4 Å². The third-order valence-corrected chi connectivity index (χ3v) is 20.0. The van der Waals surface area contributed by atoms with Crippen LogP contribution in [0, 0.1) is 5.92 Å². The molecule has 9 heteroatoms. The molecule has 0 spiro atoms. The van der Waals surface area contributed by atoms with E-state index in [2.05, 4.69) is 95.3 Å². The topological polar surface area (TPSA) is 0 Å². The van der Waals surface area contributed by atoms with Crippen LogP contribution in [0.1, 0.15) is 101 Å². The van der Waals surface area contributed by atoms with E-state index < -0.39 is 44.7 Å². The zero-order valence-corrected chi connectivity index (χ0v) is 34.5. The molecule has 4 aromatic rings. The molecule has 0 radical (unpaired) electrons. The second-order valence-corrected chi connectivity index (χ2v) is 21.9. The Balaban J connectivity index is 0.00000249. The van der Waals surface area contributed by atoms with E-state index in [0.717, 1.165) is 66.5 Å². The summed E-state index contributed by atoms with van der Waals surface area (Å²) < 4.78 is 87.9. The average Bonchev–Trinajstić information content (AvgIpc) is 3.77. The van der Waals surface area contributed by atoms with Crippen molar-refractivity contribution in [2.45, 2.75) is 68.4 Å². The third kappa shape index (κ3) is 6.71. The van der Waals surface area contributed by atoms with E-state index in [1.807, 2.05) is 6.92 Å². The van der Waals surface area contributed by atoms with E-state index in [1.54, 1.807) is 12.1 Å². The van der Waals surface area contributed by atoms with E-state index >= 15 is 0 Å². The zero-order chi connectivity index (χ0) is 37.1. The number of rotatable bonds is 4. The zero-order valence-electron chi connectivity index (χ0n) is 30.6. The molecule has 0 aromatic heterocycles. The second kappa shape index (κ2) is 13.7. The summed E-state index contributed by atoms with van der Waals surface area (Å²) in [6.45, 7) is 12.9. The fourth-order valence-electron chi connectivity index (χ4n) is 8.72. The summed E-state index contributed by atoms with van der Waals surface area (Å²) in [6, 6.07) is 19.6. The fourth-order valence-corrected chi connectivity index (χ4v) is 18.3. The molecule has 0 fully saturated rings. The van der Waals surface area contributed by atoms with Crippen LogP contribution in [0.4, 0.5) is 26.3 Å². The number of allylic oxidation sites excluding steroid dienone is 6. The first kappa shape index (κ1) is 40.4. The molecule has 8 rings (SSSR count). The first-order chi connectivity index (χ1) is 24.3. The van der Waals surface area contributed by atoms with Crippen LogP contribution in [-0.4, -0.2) is 3.21 Å². The van der Waals surface area contributed by atoms with Crippen molar-refractivity contribution in [2.24, 2.45) is 5.92 Å². The van der Waals surface area contributed by atoms with Gasteiger partial charge in [-0.05, 0) is 0 Å². The standard InChI is InChI=1S/C23H21.C15H8F6.C7H9.2ClH.Zr/c1-22(2)7-5-14-10-18-16(12-20(14)22)9-17-13-21-15(11-19(17)18)6-8-23(21,3)4;16-14(17,18)12-5-1-3-10(8-12)7-11-4-2-6-13(9-11)15(19,20)21;1-6-3-4-7(2)5-6;;;/h5-13H,1-4H3;1-6,8-9H;3,5,7H,1-2H3;2*1H;/q;;;;;+2/p-2. The summed E-state index contributed by atoms with van der Waals surface area (Å²) in [6.07, 6.45) is 3.83. The monoisotopic (exact) mass is 852 g/mol. The predicted molar refractivity (Wildman–Crippen MR) is 195 cm³/mol. The maximum absolute atomic E-state index is 14.4. The summed E-state index contributed by atoms with van der Waals surface area (Å²) in [7, 11) is 0. The van der Waals surface area contributed by atoms with Crippen LogP contribution in [0.5, 0.6) is 0 Å². The van der Waals surface area contributed by atoms with Crippen molar-refractivity contribution in [3.8, 4) is 11.1 Å². The molecular formula is C45H38Cl2F6Zr. The fraction of sp³-hybridized carbons (Fsp3) is 0.267. The van der Waals surface area contributed by atoms with Crippen molar-refractivity contribution in [2.75, 3.05) is 0 Å². The number of hydrogen-bond donors (Lipinski definition) is 0. The Bertz CT molecular complexity index is 2230. The van der Waals surface area contributed by atoms with Gasteiger partial charge < -0.3 is 24.8 Å². The number of alkyl halides is 6. The molecule has 54 heavy (non-hydrogen) atoms. The number of fused-ring (bicyclic) bond motifs is 5. The van der Waals surface area contributed by atoms with Crippen molar-refractivity contribution in [3.63, 3.8) is 0 Å². The van der Waals surface area contributed by atoms with E-state index in [0.29, 0.717) is 14.3 Å². The van der Waals surface area contributed by atoms with Gasteiger partial charge in [0, 0.05) is 0 Å². The Hall–Kier alpha value is -3.25. The molecule has 0 nitrogen and oxygen atoms in total. The molecule has 1 atom stereocenters. The smallest absolute Gasteiger partial charge is 1.00 e. The van der Waals surface area contributed by atoms with Crippen molar-refractivity contribution in [1.29, 1.82) is 0 Å². The second-order valence-electron chi connectivity index (χ2n) is 15.8. The molecule has 4 aromatic carbocycles. The minimum Gasteiger partial charge on any atom is -1.00 e. The third-order valence-electron chi connectivity index (χ3n) is 11.3. The van der Waals surface area contributed by atoms with E-state index in [4.69, 9.17) is 0 Å². The molecule has 4 aliphatic carbocycles. The summed E-state index contributed by atoms with van der Waals surface area (Å²) in [4.78, 5) is 0. The van der Waals surface area contributed by atoms with Crippen molar-refractivity contribution >= 4 is 15.4 Å². The Morgan fingerprint density at radius 1 is 0.648 bits per heavy atom. The van der Waals surface area contributed by atoms with E-state index in [1.165, 1.54) is 23.3 Å². The van der Waals surface area contributed by atoms with E-state index in [9.17, 15) is 26.3 Å². The molecule has 0 bridgehead atoms. The van der Waals surface area contributed by atoms with Gasteiger partial charge in [-0.15, -0.1) is 0 Å². The van der Waals surface area contributed by atoms with Crippen molar-refractivity contribution < 1.29 is 72.4 Å². The number of benzene rings is 4. The van der Waals surface area contributed by atoms with Crippen molar-refractivity contribution in [1.82, 2.24) is 0 Å². The van der Waals surface area contributed by atoms with Crippen LogP contribution in [0.3, 0.4) is 0 Å². The Kier molecular flexibility index (Phi) is 10.3. The van der Waals surface area contributed by atoms with Gasteiger partial charge in [0.2, 0.25) is 0 Å². The summed E-state index contributed by atoms with van der Waals surface area (Å²) in [5, 5.41) is 0. The van der Waals surface area contributed by atoms with Gasteiger partial charge in [0.05, 0.1) is 0 Å². The predicted octanol–water partition coefficient (Wildman–Crippen LogP) is 6.78. The Morgan fingerprint density at radius 2 is 1.09 bits per heavy atom. The van der Waals surface area contributed by atoms with Gasteiger partial charge in [-0.2, -0.15) is 0 Å². The number of halogens is 8. The molecule has 0 amide bonds. The first-order valence-electron chi connectivity index (χ1n) is 17.6. The average molecular weight is 855 g/mol. The van der Waals surface area contributed by atoms with Gasteiger partial charge in [0.1, 0.15) is 0 Å². The quantitative estimate of drug-likeness (QED) is 0.199. The van der Waals surface area contributed by atoms with Gasteiger partial charge in [-0.1, -0.05) is 0 Å². The van der Waals surface area contributed by atoms with Crippen LogP contribution >= 0.6 is 0 Å². The molecule has 0 aliphatic heterocycles. The minimum atomic E-state index is -4.62. The molecular weight excluding hydrogens is 817 g/mol. The summed E-state index contributed by atoms with van der Waals surface area (Å²) >= 11 is -3.73. The van der Waals surface area contributed by atoms with Crippen LogP contribution in [0.25, 0.3) is 23.3 Å². The summed E-state index contributed by atoms with van der Waals surface area (Å²) in [5.74, 6) is -0.0198. The van der Waals surface area contributed by atoms with Gasteiger partial charge in [-0.25, -0.2) is 0 Å². The van der Waals surface area contributed by atoms with Gasteiger partial charge in [0.25, 0.3) is 0 Å². The maximum Gasteiger partial charge on any atom is -1.00 e. The van der Waals surface area contributed by atoms with Gasteiger partial charge in [0.15, 0.2) is 0 Å². The first-order valence-corrected chi connectivity index (χ1v) is 21.5. The van der Waals surface area contributed by atoms with Crippen molar-refractivity contribution in [3.05, 3.63) is 162 Å². The van der Waals surface area contributed by atoms with Gasteiger partial charge in [-0.3, -0.25) is 0 Å². The molecule has 0 N–H and O–H groups in total. The molecule has 278 valence electrons. The van der Waals surface area contributed by atoms with Crippen LogP contribution < -0.4 is 24.8 Å². The minimum absolute atomic E-state index is 0. The molecule has 4 aliphatic rings. The molecule has 1 unspecified atom stereocenters. The van der Waals surface area contributed by atoms with E-state index in [-0.39, 0.29) is 45.2 Å². The largest absolute Gasteiger partial charge is 1.00 e. The Labute approximate surface area is 332 Å². The molecule has 0 saturated carbocycles. The van der Waals surface area contributed by atoms with Crippen LogP contribution in [0.2, 0.25) is 0 Å². The normalized spacial score (nSPS) is 18.4. The van der Waals surface area contributed by atoms with Crippen LogP contribution in [0.15, 0.2) is 106 Å². The Morgan fingerprint density at radius 3 is 1.48 bits per heavy atom. The number of hydrogen-bond acceptors (Lipinski definition) is 0. The summed E-state index contributed by atoms with van der Waals surface area (Å²) in [5.41, 5.74) is 8.74. The molecule has 0 heterocycles.